The van der Waals surface area contributed by atoms with Crippen LogP contribution in [0.5, 0.6) is 11.5 Å². The molecule has 12 heteroatoms. The molecule has 9 nitrogen and oxygen atoms in total. The number of hydrogen-bond acceptors (Lipinski definition) is 7. The molecule has 0 saturated carbocycles. The Balaban J connectivity index is 1.63. The van der Waals surface area contributed by atoms with Gasteiger partial charge in [0.2, 0.25) is 0 Å². The Morgan fingerprint density at radius 2 is 1.71 bits per heavy atom. The van der Waals surface area contributed by atoms with Crippen LogP contribution in [0.25, 0.3) is 0 Å². The van der Waals surface area contributed by atoms with Gasteiger partial charge in [0, 0.05) is 25.6 Å². The molecule has 0 atom stereocenters. The highest BCUT2D eigenvalue weighted by molar-refractivity contribution is 9.10. The molecule has 1 N–H and O–H groups in total. The first kappa shape index (κ1) is 25.3. The minimum atomic E-state index is -0.665. The van der Waals surface area contributed by atoms with E-state index in [4.69, 9.17) is 21.1 Å². The minimum absolute atomic E-state index is 0.109. The number of esters is 1. The van der Waals surface area contributed by atoms with Crippen LogP contribution in [0.3, 0.4) is 0 Å². The lowest BCUT2D eigenvalue weighted by molar-refractivity contribution is -0.385. The van der Waals surface area contributed by atoms with Gasteiger partial charge in [0.15, 0.2) is 12.4 Å². The summed E-state index contributed by atoms with van der Waals surface area (Å²) in [7, 11) is 0. The van der Waals surface area contributed by atoms with Crippen LogP contribution < -0.4 is 14.9 Å². The summed E-state index contributed by atoms with van der Waals surface area (Å²) >= 11 is 12.4. The molecular weight excluding hydrogens is 598 g/mol. The van der Waals surface area contributed by atoms with Crippen molar-refractivity contribution >= 4 is 67.2 Å². The van der Waals surface area contributed by atoms with Crippen molar-refractivity contribution in [1.82, 2.24) is 5.43 Å². The fourth-order valence-electron chi connectivity index (χ4n) is 2.56. The summed E-state index contributed by atoms with van der Waals surface area (Å²) < 4.78 is 12.2. The van der Waals surface area contributed by atoms with E-state index in [0.717, 1.165) is 10.5 Å². The van der Waals surface area contributed by atoms with Crippen LogP contribution in [0.4, 0.5) is 5.69 Å². The van der Waals surface area contributed by atoms with E-state index in [1.54, 1.807) is 42.5 Å². The van der Waals surface area contributed by atoms with Gasteiger partial charge in [-0.1, -0.05) is 43.5 Å². The van der Waals surface area contributed by atoms with Gasteiger partial charge in [0.25, 0.3) is 5.91 Å². The first-order valence-electron chi connectivity index (χ1n) is 9.39. The molecule has 0 saturated heterocycles. The maximum atomic E-state index is 12.4. The van der Waals surface area contributed by atoms with Crippen LogP contribution in [0, 0.1) is 10.1 Å². The maximum Gasteiger partial charge on any atom is 0.343 e. The van der Waals surface area contributed by atoms with E-state index >= 15 is 0 Å². The number of hydrogen-bond donors (Lipinski definition) is 1. The molecule has 0 unspecified atom stereocenters. The lowest BCUT2D eigenvalue weighted by Crippen LogP contribution is -2.24. The Labute approximate surface area is 215 Å². The molecule has 0 heterocycles. The first-order chi connectivity index (χ1) is 16.2. The molecule has 0 radical (unpaired) electrons. The number of rotatable bonds is 8. The smallest absolute Gasteiger partial charge is 0.343 e. The zero-order valence-electron chi connectivity index (χ0n) is 17.0. The molecule has 1 amide bonds. The van der Waals surface area contributed by atoms with Crippen LogP contribution in [0.15, 0.2) is 74.7 Å². The lowest BCUT2D eigenvalue weighted by Gasteiger charge is -2.08. The molecule has 0 aliphatic carbocycles. The number of carbonyl (C=O) groups excluding carboxylic acids is 2. The monoisotopic (exact) mass is 609 g/mol. The van der Waals surface area contributed by atoms with Crippen molar-refractivity contribution in [3.05, 3.63) is 95.9 Å². The van der Waals surface area contributed by atoms with Crippen LogP contribution in [0.1, 0.15) is 15.9 Å². The highest BCUT2D eigenvalue weighted by Gasteiger charge is 2.17. The van der Waals surface area contributed by atoms with Crippen LogP contribution in [-0.2, 0) is 4.79 Å². The van der Waals surface area contributed by atoms with Gasteiger partial charge in [-0.3, -0.25) is 14.9 Å². The molecule has 3 rings (SSSR count). The molecule has 0 spiro atoms. The van der Waals surface area contributed by atoms with Crippen molar-refractivity contribution < 1.29 is 24.0 Å². The highest BCUT2D eigenvalue weighted by Crippen LogP contribution is 2.29. The van der Waals surface area contributed by atoms with Crippen molar-refractivity contribution in [2.75, 3.05) is 6.61 Å². The summed E-state index contributed by atoms with van der Waals surface area (Å²) in [6, 6.07) is 15.4. The van der Waals surface area contributed by atoms with E-state index in [-0.39, 0.29) is 22.2 Å². The minimum Gasteiger partial charge on any atom is -0.477 e. The first-order valence-corrected chi connectivity index (χ1v) is 11.4. The van der Waals surface area contributed by atoms with Crippen molar-refractivity contribution in [1.29, 1.82) is 0 Å². The Kier molecular flexibility index (Phi) is 8.74. The maximum absolute atomic E-state index is 12.4. The van der Waals surface area contributed by atoms with Crippen LogP contribution >= 0.6 is 43.5 Å². The van der Waals surface area contributed by atoms with Crippen LogP contribution in [-0.4, -0.2) is 29.6 Å². The second-order valence-electron chi connectivity index (χ2n) is 6.53. The molecule has 0 fully saturated rings. The number of amides is 1. The van der Waals surface area contributed by atoms with Crippen molar-refractivity contribution in [3.63, 3.8) is 0 Å². The molecule has 0 aliphatic rings. The van der Waals surface area contributed by atoms with Crippen molar-refractivity contribution in [2.24, 2.45) is 5.10 Å². The third kappa shape index (κ3) is 7.11. The fraction of sp³-hybridized carbons (Fsp3) is 0.0455. The largest absolute Gasteiger partial charge is 0.477 e. The van der Waals surface area contributed by atoms with Gasteiger partial charge < -0.3 is 9.47 Å². The second kappa shape index (κ2) is 11.7. The summed E-state index contributed by atoms with van der Waals surface area (Å²) in [6.07, 6.45) is 1.29. The number of hydrazone groups is 1. The third-order valence-corrected chi connectivity index (χ3v) is 5.38. The number of nitrogens with zero attached hydrogens (tertiary/aromatic N) is 2. The number of carbonyl (C=O) groups is 2. The summed E-state index contributed by atoms with van der Waals surface area (Å²) in [6.45, 7) is -0.524. The van der Waals surface area contributed by atoms with Gasteiger partial charge >= 0.3 is 11.7 Å². The van der Waals surface area contributed by atoms with E-state index in [9.17, 15) is 19.7 Å². The molecule has 3 aromatic carbocycles. The van der Waals surface area contributed by atoms with Crippen molar-refractivity contribution in [2.45, 2.75) is 0 Å². The quantitative estimate of drug-likeness (QED) is 0.118. The zero-order chi connectivity index (χ0) is 24.7. The third-order valence-electron chi connectivity index (χ3n) is 4.12. The highest BCUT2D eigenvalue weighted by atomic mass is 79.9. The normalized spacial score (nSPS) is 10.7. The standard InChI is InChI=1S/C22H14Br2ClN3O6/c23-15-3-1-13(2-4-15)22(30)34-19-7-5-16(24)9-14(19)11-26-27-21(29)12-33-20-8-6-17(25)10-18(20)28(31)32/h1-11H,12H2,(H,27,29)/b26-11+. The number of nitro benzene ring substituents is 1. The fourth-order valence-corrected chi connectivity index (χ4v) is 3.37. The van der Waals surface area contributed by atoms with E-state index in [2.05, 4.69) is 42.4 Å². The van der Waals surface area contributed by atoms with E-state index in [1.165, 1.54) is 18.3 Å². The Bertz CT molecular complexity index is 1270. The average molecular weight is 612 g/mol. The SMILES string of the molecule is O=C(COc1ccc(Cl)cc1[N+](=O)[O-])N/N=C/c1cc(Br)ccc1OC(=O)c1ccc(Br)cc1. The Hall–Kier alpha value is -3.28. The van der Waals surface area contributed by atoms with E-state index < -0.39 is 23.4 Å². The van der Waals surface area contributed by atoms with Crippen LogP contribution in [0.2, 0.25) is 5.02 Å². The molecule has 0 aromatic heterocycles. The van der Waals surface area contributed by atoms with Gasteiger partial charge in [0.1, 0.15) is 5.75 Å². The molecule has 3 aromatic rings. The predicted molar refractivity (Wildman–Crippen MR) is 133 cm³/mol. The Morgan fingerprint density at radius 1 is 1.03 bits per heavy atom. The molecule has 0 aliphatic heterocycles. The number of halogens is 3. The molecule has 174 valence electrons. The van der Waals surface area contributed by atoms with Gasteiger partial charge in [-0.2, -0.15) is 5.10 Å². The topological polar surface area (TPSA) is 120 Å². The second-order valence-corrected chi connectivity index (χ2v) is 8.80. The number of benzene rings is 3. The summed E-state index contributed by atoms with van der Waals surface area (Å²) in [5.74, 6) is -1.11. The van der Waals surface area contributed by atoms with E-state index in [1.807, 2.05) is 0 Å². The van der Waals surface area contributed by atoms with Crippen molar-refractivity contribution in [3.8, 4) is 11.5 Å². The number of nitrogens with one attached hydrogen (secondary N) is 1. The predicted octanol–water partition coefficient (Wildman–Crippen LogP) is 5.52. The average Bonchev–Trinajstić information content (AvgIpc) is 2.80. The van der Waals surface area contributed by atoms with E-state index in [0.29, 0.717) is 15.6 Å². The number of ether oxygens (including phenoxy) is 2. The van der Waals surface area contributed by atoms with Gasteiger partial charge in [-0.05, 0) is 54.6 Å². The molecular formula is C22H14Br2ClN3O6. The molecule has 0 bridgehead atoms. The summed E-state index contributed by atoms with van der Waals surface area (Å²) in [5.41, 5.74) is 2.65. The summed E-state index contributed by atoms with van der Waals surface area (Å²) in [5, 5.41) is 15.1. The van der Waals surface area contributed by atoms with Gasteiger partial charge in [-0.25, -0.2) is 10.2 Å². The summed E-state index contributed by atoms with van der Waals surface area (Å²) in [4.78, 5) is 34.9. The number of nitro groups is 1. The Morgan fingerprint density at radius 3 is 2.41 bits per heavy atom. The van der Waals surface area contributed by atoms with Gasteiger partial charge in [0.05, 0.1) is 16.7 Å². The lowest BCUT2D eigenvalue weighted by atomic mass is 10.2. The van der Waals surface area contributed by atoms with Gasteiger partial charge in [-0.15, -0.1) is 0 Å². The molecule has 34 heavy (non-hydrogen) atoms. The zero-order valence-corrected chi connectivity index (χ0v) is 21.0.